The van der Waals surface area contributed by atoms with Gasteiger partial charge in [0.05, 0.1) is 12.1 Å². The predicted octanol–water partition coefficient (Wildman–Crippen LogP) is 3.39. The molecule has 1 aliphatic rings. The van der Waals surface area contributed by atoms with E-state index in [9.17, 15) is 4.79 Å². The van der Waals surface area contributed by atoms with E-state index in [0.29, 0.717) is 6.42 Å². The van der Waals surface area contributed by atoms with Gasteiger partial charge in [0, 0.05) is 37.4 Å². The fourth-order valence-electron chi connectivity index (χ4n) is 3.63. The van der Waals surface area contributed by atoms with Crippen molar-refractivity contribution >= 4 is 17.4 Å². The van der Waals surface area contributed by atoms with E-state index < -0.39 is 0 Å². The lowest BCUT2D eigenvalue weighted by atomic mass is 10.1. The zero-order chi connectivity index (χ0) is 20.9. The molecule has 1 saturated heterocycles. The van der Waals surface area contributed by atoms with Crippen LogP contribution < -0.4 is 10.2 Å². The molecule has 1 fully saturated rings. The minimum absolute atomic E-state index is 0.0297. The van der Waals surface area contributed by atoms with Crippen LogP contribution in [0, 0.1) is 6.92 Å². The molecule has 0 aliphatic carbocycles. The molecular weight excluding hydrogens is 374 g/mol. The fraction of sp³-hybridized carbons (Fsp3) is 0.292. The molecule has 1 amide bonds. The molecule has 6 heteroatoms. The molecule has 0 saturated carbocycles. The standard InChI is InChI=1S/C24H27N5O/c1-18-6-3-4-7-19(18)17-24(30)25-21-9-5-8-20(16-21)22-10-11-23(27-26-22)29-14-12-28(2)13-15-29/h3-11,16H,12-15,17H2,1-2H3,(H,25,30). The first-order valence-electron chi connectivity index (χ1n) is 10.3. The Morgan fingerprint density at radius 1 is 0.967 bits per heavy atom. The lowest BCUT2D eigenvalue weighted by Crippen LogP contribution is -2.44. The number of likely N-dealkylation sites (N-methyl/N-ethyl adjacent to an activating group) is 1. The quantitative estimate of drug-likeness (QED) is 0.710. The number of nitrogens with zero attached hydrogens (tertiary/aromatic N) is 4. The number of amides is 1. The third-order valence-electron chi connectivity index (χ3n) is 5.53. The second-order valence-electron chi connectivity index (χ2n) is 7.80. The lowest BCUT2D eigenvalue weighted by Gasteiger charge is -2.32. The zero-order valence-electron chi connectivity index (χ0n) is 17.5. The van der Waals surface area contributed by atoms with Gasteiger partial charge < -0.3 is 15.1 Å². The van der Waals surface area contributed by atoms with E-state index in [-0.39, 0.29) is 5.91 Å². The number of rotatable bonds is 5. The summed E-state index contributed by atoms with van der Waals surface area (Å²) in [5, 5.41) is 11.8. The van der Waals surface area contributed by atoms with E-state index in [1.807, 2.05) is 67.6 Å². The molecular formula is C24H27N5O. The Hall–Kier alpha value is -3.25. The summed E-state index contributed by atoms with van der Waals surface area (Å²) in [6, 6.07) is 19.7. The smallest absolute Gasteiger partial charge is 0.228 e. The summed E-state index contributed by atoms with van der Waals surface area (Å²) in [5.74, 6) is 0.882. The van der Waals surface area contributed by atoms with E-state index in [1.165, 1.54) is 0 Å². The summed E-state index contributed by atoms with van der Waals surface area (Å²) < 4.78 is 0. The van der Waals surface area contributed by atoms with Crippen LogP contribution in [0.4, 0.5) is 11.5 Å². The maximum atomic E-state index is 12.5. The van der Waals surface area contributed by atoms with Crippen molar-refractivity contribution in [3.63, 3.8) is 0 Å². The highest BCUT2D eigenvalue weighted by molar-refractivity contribution is 5.93. The number of hydrogen-bond acceptors (Lipinski definition) is 5. The first kappa shape index (κ1) is 20.0. The van der Waals surface area contributed by atoms with Crippen LogP contribution in [0.25, 0.3) is 11.3 Å². The molecule has 1 aromatic heterocycles. The highest BCUT2D eigenvalue weighted by Gasteiger charge is 2.16. The molecule has 4 rings (SSSR count). The monoisotopic (exact) mass is 401 g/mol. The Morgan fingerprint density at radius 2 is 1.77 bits per heavy atom. The molecule has 0 spiro atoms. The summed E-state index contributed by atoms with van der Waals surface area (Å²) in [6.07, 6.45) is 0.358. The van der Waals surface area contributed by atoms with Crippen molar-refractivity contribution < 1.29 is 4.79 Å². The normalized spacial score (nSPS) is 14.5. The molecule has 6 nitrogen and oxygen atoms in total. The van der Waals surface area contributed by atoms with Crippen LogP contribution in [0.2, 0.25) is 0 Å². The Kier molecular flexibility index (Phi) is 6.05. The van der Waals surface area contributed by atoms with Gasteiger partial charge in [0.15, 0.2) is 5.82 Å². The maximum Gasteiger partial charge on any atom is 0.228 e. The Labute approximate surface area is 177 Å². The number of carbonyl (C=O) groups excluding carboxylic acids is 1. The summed E-state index contributed by atoms with van der Waals surface area (Å²) in [4.78, 5) is 17.1. The molecule has 0 radical (unpaired) electrons. The number of anilines is 2. The summed E-state index contributed by atoms with van der Waals surface area (Å²) >= 11 is 0. The van der Waals surface area contributed by atoms with Crippen LogP contribution >= 0.6 is 0 Å². The number of piperazine rings is 1. The van der Waals surface area contributed by atoms with E-state index in [4.69, 9.17) is 0 Å². The average Bonchev–Trinajstić information content (AvgIpc) is 2.76. The van der Waals surface area contributed by atoms with Crippen LogP contribution in [0.3, 0.4) is 0 Å². The fourth-order valence-corrected chi connectivity index (χ4v) is 3.63. The number of aryl methyl sites for hydroxylation is 1. The van der Waals surface area contributed by atoms with Gasteiger partial charge in [0.2, 0.25) is 5.91 Å². The number of hydrogen-bond donors (Lipinski definition) is 1. The summed E-state index contributed by atoms with van der Waals surface area (Å²) in [5.41, 5.74) is 4.65. The van der Waals surface area contributed by atoms with Crippen molar-refractivity contribution in [2.75, 3.05) is 43.4 Å². The Bertz CT molecular complexity index is 1010. The SMILES string of the molecule is Cc1ccccc1CC(=O)Nc1cccc(-c2ccc(N3CCN(C)CC3)nn2)c1. The number of nitrogens with one attached hydrogen (secondary N) is 1. The van der Waals surface area contributed by atoms with Gasteiger partial charge in [-0.25, -0.2) is 0 Å². The van der Waals surface area contributed by atoms with Crippen molar-refractivity contribution in [2.24, 2.45) is 0 Å². The maximum absolute atomic E-state index is 12.5. The first-order chi connectivity index (χ1) is 14.6. The second kappa shape index (κ2) is 9.05. The van der Waals surface area contributed by atoms with Crippen molar-refractivity contribution in [1.82, 2.24) is 15.1 Å². The van der Waals surface area contributed by atoms with Gasteiger partial charge >= 0.3 is 0 Å². The molecule has 1 N–H and O–H groups in total. The molecule has 0 bridgehead atoms. The van der Waals surface area contributed by atoms with E-state index in [0.717, 1.165) is 60.1 Å². The number of aromatic nitrogens is 2. The third-order valence-corrected chi connectivity index (χ3v) is 5.53. The zero-order valence-corrected chi connectivity index (χ0v) is 17.5. The summed E-state index contributed by atoms with van der Waals surface area (Å²) in [7, 11) is 2.14. The molecule has 0 unspecified atom stereocenters. The largest absolute Gasteiger partial charge is 0.353 e. The summed E-state index contributed by atoms with van der Waals surface area (Å²) in [6.45, 7) is 6.02. The van der Waals surface area contributed by atoms with Crippen LogP contribution in [-0.4, -0.2) is 54.2 Å². The van der Waals surface area contributed by atoms with Gasteiger partial charge in [0.25, 0.3) is 0 Å². The van der Waals surface area contributed by atoms with Crippen LogP contribution in [-0.2, 0) is 11.2 Å². The van der Waals surface area contributed by atoms with Gasteiger partial charge in [-0.05, 0) is 49.4 Å². The van der Waals surface area contributed by atoms with Crippen LogP contribution in [0.15, 0.2) is 60.7 Å². The van der Waals surface area contributed by atoms with E-state index in [2.05, 4.69) is 32.4 Å². The molecule has 30 heavy (non-hydrogen) atoms. The first-order valence-corrected chi connectivity index (χ1v) is 10.3. The molecule has 3 aromatic rings. The molecule has 154 valence electrons. The molecule has 2 heterocycles. The minimum Gasteiger partial charge on any atom is -0.353 e. The number of benzene rings is 2. The molecule has 0 atom stereocenters. The Balaban J connectivity index is 1.43. The second-order valence-corrected chi connectivity index (χ2v) is 7.80. The van der Waals surface area contributed by atoms with Gasteiger partial charge in [-0.2, -0.15) is 0 Å². The third kappa shape index (κ3) is 4.83. The minimum atomic E-state index is -0.0297. The van der Waals surface area contributed by atoms with E-state index >= 15 is 0 Å². The highest BCUT2D eigenvalue weighted by atomic mass is 16.1. The average molecular weight is 402 g/mol. The highest BCUT2D eigenvalue weighted by Crippen LogP contribution is 2.22. The Morgan fingerprint density at radius 3 is 2.50 bits per heavy atom. The van der Waals surface area contributed by atoms with Gasteiger partial charge in [-0.15, -0.1) is 10.2 Å². The molecule has 1 aliphatic heterocycles. The lowest BCUT2D eigenvalue weighted by molar-refractivity contribution is -0.115. The van der Waals surface area contributed by atoms with Crippen molar-refractivity contribution in [1.29, 1.82) is 0 Å². The predicted molar refractivity (Wildman–Crippen MR) is 121 cm³/mol. The topological polar surface area (TPSA) is 61.4 Å². The van der Waals surface area contributed by atoms with Gasteiger partial charge in [-0.1, -0.05) is 36.4 Å². The van der Waals surface area contributed by atoms with E-state index in [1.54, 1.807) is 0 Å². The molecule has 2 aromatic carbocycles. The van der Waals surface area contributed by atoms with Crippen LogP contribution in [0.1, 0.15) is 11.1 Å². The van der Waals surface area contributed by atoms with Crippen LogP contribution in [0.5, 0.6) is 0 Å². The van der Waals surface area contributed by atoms with Crippen molar-refractivity contribution in [3.8, 4) is 11.3 Å². The van der Waals surface area contributed by atoms with Crippen molar-refractivity contribution in [3.05, 3.63) is 71.8 Å². The number of carbonyl (C=O) groups is 1. The van der Waals surface area contributed by atoms with Gasteiger partial charge in [-0.3, -0.25) is 4.79 Å². The van der Waals surface area contributed by atoms with Crippen molar-refractivity contribution in [2.45, 2.75) is 13.3 Å². The van der Waals surface area contributed by atoms with Gasteiger partial charge in [0.1, 0.15) is 0 Å².